The predicted octanol–water partition coefficient (Wildman–Crippen LogP) is 2.37. The molecule has 56 valence electrons. The van der Waals surface area contributed by atoms with E-state index in [1.165, 1.54) is 0 Å². The highest BCUT2D eigenvalue weighted by Gasteiger charge is 2.05. The van der Waals surface area contributed by atoms with Crippen molar-refractivity contribution < 1.29 is 0 Å². The van der Waals surface area contributed by atoms with Gasteiger partial charge in [0.1, 0.15) is 4.60 Å². The zero-order valence-electron chi connectivity index (χ0n) is 5.31. The van der Waals surface area contributed by atoms with Crippen LogP contribution < -0.4 is 0 Å². The third-order valence-electron chi connectivity index (χ3n) is 1.38. The Labute approximate surface area is 75.9 Å². The van der Waals surface area contributed by atoms with Crippen LogP contribution in [0.15, 0.2) is 17.0 Å². The standard InChI is InChI=1S/C6H3BrClN3/c7-6-5-3(8)1-9-2-4(5)10-11-6/h1-2H,(H,10,11). The van der Waals surface area contributed by atoms with E-state index in [2.05, 4.69) is 31.1 Å². The van der Waals surface area contributed by atoms with Gasteiger partial charge in [-0.25, -0.2) is 0 Å². The highest BCUT2D eigenvalue weighted by atomic mass is 79.9. The SMILES string of the molecule is Clc1cncc2[nH]nc(Br)c12. The van der Waals surface area contributed by atoms with Crippen LogP contribution >= 0.6 is 27.5 Å². The van der Waals surface area contributed by atoms with Gasteiger partial charge in [-0.1, -0.05) is 11.6 Å². The van der Waals surface area contributed by atoms with Crippen molar-refractivity contribution in [2.45, 2.75) is 0 Å². The number of H-pyrrole nitrogens is 1. The number of fused-ring (bicyclic) bond motifs is 1. The monoisotopic (exact) mass is 231 g/mol. The van der Waals surface area contributed by atoms with Crippen molar-refractivity contribution in [2.75, 3.05) is 0 Å². The number of aromatic nitrogens is 3. The second-order valence-corrected chi connectivity index (χ2v) is 3.22. The highest BCUT2D eigenvalue weighted by molar-refractivity contribution is 9.10. The minimum atomic E-state index is 0.600. The molecular weight excluding hydrogens is 229 g/mol. The predicted molar refractivity (Wildman–Crippen MR) is 46.6 cm³/mol. The topological polar surface area (TPSA) is 41.6 Å². The lowest BCUT2D eigenvalue weighted by Gasteiger charge is -1.89. The van der Waals surface area contributed by atoms with Crippen LogP contribution in [-0.4, -0.2) is 15.2 Å². The fraction of sp³-hybridized carbons (Fsp3) is 0. The molecule has 0 bridgehead atoms. The summed E-state index contributed by atoms with van der Waals surface area (Å²) in [5.41, 5.74) is 0.837. The Morgan fingerprint density at radius 2 is 2.27 bits per heavy atom. The summed E-state index contributed by atoms with van der Waals surface area (Å²) in [4.78, 5) is 3.90. The molecule has 0 atom stereocenters. The van der Waals surface area contributed by atoms with Gasteiger partial charge in [-0.2, -0.15) is 5.10 Å². The van der Waals surface area contributed by atoms with Gasteiger partial charge in [0.2, 0.25) is 0 Å². The number of pyridine rings is 1. The highest BCUT2D eigenvalue weighted by Crippen LogP contribution is 2.26. The van der Waals surface area contributed by atoms with Crippen LogP contribution in [0.2, 0.25) is 5.02 Å². The zero-order chi connectivity index (χ0) is 7.84. The summed E-state index contributed by atoms with van der Waals surface area (Å²) in [6.07, 6.45) is 3.27. The van der Waals surface area contributed by atoms with Crippen molar-refractivity contribution in [2.24, 2.45) is 0 Å². The summed E-state index contributed by atoms with van der Waals surface area (Å²) < 4.78 is 0.722. The molecule has 0 radical (unpaired) electrons. The Kier molecular flexibility index (Phi) is 1.58. The van der Waals surface area contributed by atoms with E-state index >= 15 is 0 Å². The Morgan fingerprint density at radius 1 is 1.45 bits per heavy atom. The van der Waals surface area contributed by atoms with Gasteiger partial charge >= 0.3 is 0 Å². The Bertz CT molecular complexity index is 398. The maximum Gasteiger partial charge on any atom is 0.137 e. The Balaban J connectivity index is 2.96. The molecule has 0 spiro atoms. The van der Waals surface area contributed by atoms with Gasteiger partial charge < -0.3 is 0 Å². The first kappa shape index (κ1) is 7.06. The summed E-state index contributed by atoms with van der Waals surface area (Å²) in [5, 5.41) is 8.19. The van der Waals surface area contributed by atoms with E-state index in [0.717, 1.165) is 15.5 Å². The van der Waals surface area contributed by atoms with Gasteiger partial charge in [-0.15, -0.1) is 0 Å². The molecule has 5 heteroatoms. The van der Waals surface area contributed by atoms with Gasteiger partial charge in [0, 0.05) is 6.20 Å². The number of nitrogens with one attached hydrogen (secondary N) is 1. The molecule has 0 aromatic carbocycles. The minimum Gasteiger partial charge on any atom is -0.275 e. The smallest absolute Gasteiger partial charge is 0.137 e. The van der Waals surface area contributed by atoms with Crippen LogP contribution in [0.3, 0.4) is 0 Å². The number of hydrogen-bond donors (Lipinski definition) is 1. The van der Waals surface area contributed by atoms with Gasteiger partial charge in [0.25, 0.3) is 0 Å². The third-order valence-corrected chi connectivity index (χ3v) is 2.24. The lowest BCUT2D eigenvalue weighted by Crippen LogP contribution is -1.73. The third kappa shape index (κ3) is 1.02. The van der Waals surface area contributed by atoms with Gasteiger partial charge in [0.15, 0.2) is 0 Å². The van der Waals surface area contributed by atoms with Crippen LogP contribution in [0.5, 0.6) is 0 Å². The summed E-state index contributed by atoms with van der Waals surface area (Å²) in [5.74, 6) is 0. The molecular formula is C6H3BrClN3. The van der Waals surface area contributed by atoms with Crippen LogP contribution in [0, 0.1) is 0 Å². The molecule has 0 fully saturated rings. The maximum absolute atomic E-state index is 5.85. The first-order valence-corrected chi connectivity index (χ1v) is 4.09. The Hall–Kier alpha value is -0.610. The van der Waals surface area contributed by atoms with E-state index in [-0.39, 0.29) is 0 Å². The summed E-state index contributed by atoms with van der Waals surface area (Å²) in [6, 6.07) is 0. The van der Waals surface area contributed by atoms with Crippen molar-refractivity contribution in [1.29, 1.82) is 0 Å². The molecule has 2 heterocycles. The molecule has 1 N–H and O–H groups in total. The average molecular weight is 232 g/mol. The van der Waals surface area contributed by atoms with Crippen molar-refractivity contribution >= 4 is 38.4 Å². The fourth-order valence-corrected chi connectivity index (χ4v) is 1.77. The van der Waals surface area contributed by atoms with Crippen LogP contribution in [0.25, 0.3) is 10.9 Å². The largest absolute Gasteiger partial charge is 0.275 e. The fourth-order valence-electron chi connectivity index (χ4n) is 0.895. The van der Waals surface area contributed by atoms with Gasteiger partial charge in [-0.05, 0) is 15.9 Å². The van der Waals surface area contributed by atoms with Crippen LogP contribution in [-0.2, 0) is 0 Å². The molecule has 0 aliphatic heterocycles. The van der Waals surface area contributed by atoms with Crippen LogP contribution in [0.4, 0.5) is 0 Å². The first-order valence-electron chi connectivity index (χ1n) is 2.92. The quantitative estimate of drug-likeness (QED) is 0.758. The molecule has 2 rings (SSSR count). The number of halogens is 2. The summed E-state index contributed by atoms with van der Waals surface area (Å²) >= 11 is 9.11. The molecule has 2 aromatic heterocycles. The second kappa shape index (κ2) is 2.46. The van der Waals surface area contributed by atoms with E-state index < -0.39 is 0 Å². The molecule has 0 saturated heterocycles. The van der Waals surface area contributed by atoms with E-state index in [1.54, 1.807) is 12.4 Å². The normalized spacial score (nSPS) is 10.7. The van der Waals surface area contributed by atoms with Crippen molar-refractivity contribution in [1.82, 2.24) is 15.2 Å². The number of rotatable bonds is 0. The van der Waals surface area contributed by atoms with Gasteiger partial charge in [0.05, 0.1) is 22.1 Å². The molecule has 0 aliphatic carbocycles. The molecule has 2 aromatic rings. The molecule has 0 aliphatic rings. The van der Waals surface area contributed by atoms with Crippen molar-refractivity contribution in [3.05, 3.63) is 22.0 Å². The molecule has 11 heavy (non-hydrogen) atoms. The molecule has 3 nitrogen and oxygen atoms in total. The molecule has 0 unspecified atom stereocenters. The number of nitrogens with zero attached hydrogens (tertiary/aromatic N) is 2. The average Bonchev–Trinajstić information content (AvgIpc) is 2.34. The minimum absolute atomic E-state index is 0.600. The van der Waals surface area contributed by atoms with E-state index in [0.29, 0.717) is 5.02 Å². The summed E-state index contributed by atoms with van der Waals surface area (Å²) in [7, 11) is 0. The van der Waals surface area contributed by atoms with Crippen LogP contribution in [0.1, 0.15) is 0 Å². The van der Waals surface area contributed by atoms with E-state index in [1.807, 2.05) is 0 Å². The molecule has 0 amide bonds. The first-order chi connectivity index (χ1) is 5.29. The second-order valence-electron chi connectivity index (χ2n) is 2.06. The summed E-state index contributed by atoms with van der Waals surface area (Å²) in [6.45, 7) is 0. The number of aromatic amines is 1. The lowest BCUT2D eigenvalue weighted by molar-refractivity contribution is 1.09. The van der Waals surface area contributed by atoms with Crippen molar-refractivity contribution in [3.8, 4) is 0 Å². The van der Waals surface area contributed by atoms with Crippen molar-refractivity contribution in [3.63, 3.8) is 0 Å². The Morgan fingerprint density at radius 3 is 3.00 bits per heavy atom. The maximum atomic E-state index is 5.85. The zero-order valence-corrected chi connectivity index (χ0v) is 7.65. The van der Waals surface area contributed by atoms with E-state index in [9.17, 15) is 0 Å². The van der Waals surface area contributed by atoms with Gasteiger partial charge in [-0.3, -0.25) is 10.1 Å². The van der Waals surface area contributed by atoms with E-state index in [4.69, 9.17) is 11.6 Å². The molecule has 0 saturated carbocycles. The lowest BCUT2D eigenvalue weighted by atomic mass is 10.3. The number of hydrogen-bond acceptors (Lipinski definition) is 2.